The number of aryl methyl sites for hydroxylation is 2. The molecule has 6 nitrogen and oxygen atoms in total. The second kappa shape index (κ2) is 7.25. The van der Waals surface area contributed by atoms with Crippen molar-refractivity contribution in [3.05, 3.63) is 59.7 Å². The number of nitrogens with one attached hydrogen (secondary N) is 1. The summed E-state index contributed by atoms with van der Waals surface area (Å²) >= 11 is 0. The number of carbonyl (C=O) groups is 1. The molecule has 0 saturated heterocycles. The van der Waals surface area contributed by atoms with E-state index in [1.54, 1.807) is 43.6 Å². The predicted molar refractivity (Wildman–Crippen MR) is 94.7 cm³/mol. The quantitative estimate of drug-likeness (QED) is 0.749. The van der Waals surface area contributed by atoms with Gasteiger partial charge in [-0.15, -0.1) is 0 Å². The molecule has 3 rings (SSSR count). The molecule has 3 aromatic rings. The Hall–Kier alpha value is -3.02. The van der Waals surface area contributed by atoms with Gasteiger partial charge in [0.15, 0.2) is 0 Å². The Labute approximate surface area is 146 Å². The molecule has 0 bridgehead atoms. The van der Waals surface area contributed by atoms with E-state index in [2.05, 4.69) is 16.5 Å². The summed E-state index contributed by atoms with van der Waals surface area (Å²) < 4.78 is 12.1. The van der Waals surface area contributed by atoms with Gasteiger partial charge in [-0.1, -0.05) is 17.7 Å². The van der Waals surface area contributed by atoms with Crippen LogP contribution in [0.25, 0.3) is 11.3 Å². The second-order valence-electron chi connectivity index (χ2n) is 5.90. The molecule has 6 heteroatoms. The van der Waals surface area contributed by atoms with Gasteiger partial charge >= 0.3 is 0 Å². The Morgan fingerprint density at radius 3 is 2.92 bits per heavy atom. The monoisotopic (exact) mass is 339 g/mol. The molecule has 0 aliphatic rings. The first-order chi connectivity index (χ1) is 12.1. The summed E-state index contributed by atoms with van der Waals surface area (Å²) in [6.45, 7) is 2.55. The van der Waals surface area contributed by atoms with Crippen molar-refractivity contribution < 1.29 is 13.9 Å². The number of carbonyl (C=O) groups excluding carboxylic acids is 1. The van der Waals surface area contributed by atoms with Crippen molar-refractivity contribution in [2.24, 2.45) is 7.05 Å². The highest BCUT2D eigenvalue weighted by Gasteiger charge is 2.17. The molecule has 0 radical (unpaired) electrons. The van der Waals surface area contributed by atoms with E-state index >= 15 is 0 Å². The third kappa shape index (κ3) is 3.74. The van der Waals surface area contributed by atoms with Crippen molar-refractivity contribution in [2.45, 2.75) is 13.3 Å². The highest BCUT2D eigenvalue weighted by molar-refractivity contribution is 5.99. The molecule has 0 unspecified atom stereocenters. The van der Waals surface area contributed by atoms with Crippen LogP contribution in [0.15, 0.2) is 47.4 Å². The third-order valence-electron chi connectivity index (χ3n) is 3.98. The van der Waals surface area contributed by atoms with Gasteiger partial charge < -0.3 is 14.5 Å². The summed E-state index contributed by atoms with van der Waals surface area (Å²) in [5, 5.41) is 7.31. The summed E-state index contributed by atoms with van der Waals surface area (Å²) in [5.74, 6) is 0.677. The van der Waals surface area contributed by atoms with Crippen LogP contribution in [0, 0.1) is 6.92 Å². The molecule has 0 aliphatic carbocycles. The minimum Gasteiger partial charge on any atom is -0.496 e. The second-order valence-corrected chi connectivity index (χ2v) is 5.90. The number of methoxy groups -OCH3 is 1. The molecule has 0 aliphatic heterocycles. The molecule has 1 amide bonds. The van der Waals surface area contributed by atoms with E-state index in [4.69, 9.17) is 9.15 Å². The molecule has 2 heterocycles. The maximum absolute atomic E-state index is 12.6. The molecule has 0 atom stereocenters. The standard InChI is InChI=1S/C19H21N3O3/c1-13-4-5-17(24-3)14(10-13)6-8-20-19(23)16-11-22(2)21-18(16)15-7-9-25-12-15/h4-5,7,9-12H,6,8H2,1-3H3,(H,20,23). The van der Waals surface area contributed by atoms with Crippen LogP contribution in [0.2, 0.25) is 0 Å². The number of hydrogen-bond donors (Lipinski definition) is 1. The zero-order valence-corrected chi connectivity index (χ0v) is 14.6. The SMILES string of the molecule is COc1ccc(C)cc1CCNC(=O)c1cn(C)nc1-c1ccoc1. The van der Waals surface area contributed by atoms with E-state index in [0.29, 0.717) is 24.2 Å². The largest absolute Gasteiger partial charge is 0.496 e. The number of ether oxygens (including phenoxy) is 1. The van der Waals surface area contributed by atoms with Gasteiger partial charge in [-0.3, -0.25) is 9.48 Å². The summed E-state index contributed by atoms with van der Waals surface area (Å²) in [7, 11) is 3.44. The maximum atomic E-state index is 12.6. The number of amides is 1. The lowest BCUT2D eigenvalue weighted by Gasteiger charge is -2.10. The lowest BCUT2D eigenvalue weighted by atomic mass is 10.1. The van der Waals surface area contributed by atoms with Crippen molar-refractivity contribution >= 4 is 5.91 Å². The Kier molecular flexibility index (Phi) is 4.88. The zero-order valence-electron chi connectivity index (χ0n) is 14.6. The van der Waals surface area contributed by atoms with E-state index in [1.165, 1.54) is 0 Å². The van der Waals surface area contributed by atoms with E-state index in [9.17, 15) is 4.79 Å². The number of hydrogen-bond acceptors (Lipinski definition) is 4. The van der Waals surface area contributed by atoms with Gasteiger partial charge in [-0.05, 0) is 31.0 Å². The van der Waals surface area contributed by atoms with Gasteiger partial charge in [-0.2, -0.15) is 5.10 Å². The van der Waals surface area contributed by atoms with Crippen molar-refractivity contribution in [1.82, 2.24) is 15.1 Å². The molecule has 0 saturated carbocycles. The van der Waals surface area contributed by atoms with Gasteiger partial charge in [0.05, 0.1) is 25.2 Å². The van der Waals surface area contributed by atoms with Gasteiger partial charge in [-0.25, -0.2) is 0 Å². The molecule has 2 aromatic heterocycles. The number of aromatic nitrogens is 2. The fourth-order valence-corrected chi connectivity index (χ4v) is 2.78. The molecule has 1 aromatic carbocycles. The number of benzene rings is 1. The van der Waals surface area contributed by atoms with Crippen molar-refractivity contribution in [3.63, 3.8) is 0 Å². The van der Waals surface area contributed by atoms with Crippen molar-refractivity contribution in [2.75, 3.05) is 13.7 Å². The van der Waals surface area contributed by atoms with Crippen LogP contribution in [-0.2, 0) is 13.5 Å². The average molecular weight is 339 g/mol. The van der Waals surface area contributed by atoms with Gasteiger partial charge in [0.1, 0.15) is 11.4 Å². The first-order valence-corrected chi connectivity index (χ1v) is 8.06. The topological polar surface area (TPSA) is 69.3 Å². The van der Waals surface area contributed by atoms with Gasteiger partial charge in [0, 0.05) is 25.4 Å². The number of furan rings is 1. The number of rotatable bonds is 6. The summed E-state index contributed by atoms with van der Waals surface area (Å²) in [6, 6.07) is 7.82. The smallest absolute Gasteiger partial charge is 0.255 e. The van der Waals surface area contributed by atoms with E-state index < -0.39 is 0 Å². The Morgan fingerprint density at radius 1 is 1.36 bits per heavy atom. The van der Waals surface area contributed by atoms with Crippen LogP contribution in [0.1, 0.15) is 21.5 Å². The normalized spacial score (nSPS) is 10.7. The maximum Gasteiger partial charge on any atom is 0.255 e. The first-order valence-electron chi connectivity index (χ1n) is 8.06. The van der Waals surface area contributed by atoms with Crippen molar-refractivity contribution in [1.29, 1.82) is 0 Å². The van der Waals surface area contributed by atoms with Gasteiger partial charge in [0.25, 0.3) is 5.91 Å². The van der Waals surface area contributed by atoms with Crippen LogP contribution >= 0.6 is 0 Å². The van der Waals surface area contributed by atoms with Crippen molar-refractivity contribution in [3.8, 4) is 17.0 Å². The molecule has 130 valence electrons. The first kappa shape index (κ1) is 16.8. The lowest BCUT2D eigenvalue weighted by Crippen LogP contribution is -2.26. The van der Waals surface area contributed by atoms with E-state index in [0.717, 1.165) is 22.4 Å². The molecule has 1 N–H and O–H groups in total. The van der Waals surface area contributed by atoms with E-state index in [-0.39, 0.29) is 5.91 Å². The third-order valence-corrected chi connectivity index (χ3v) is 3.98. The summed E-state index contributed by atoms with van der Waals surface area (Å²) in [4.78, 5) is 12.6. The van der Waals surface area contributed by atoms with Gasteiger partial charge in [0.2, 0.25) is 0 Å². The minimum atomic E-state index is -0.157. The summed E-state index contributed by atoms with van der Waals surface area (Å²) in [5.41, 5.74) is 4.16. The Bertz CT molecular complexity index is 866. The summed E-state index contributed by atoms with van der Waals surface area (Å²) in [6.07, 6.45) is 5.55. The molecule has 25 heavy (non-hydrogen) atoms. The van der Waals surface area contributed by atoms with E-state index in [1.807, 2.05) is 19.1 Å². The molecular formula is C19H21N3O3. The van der Waals surface area contributed by atoms with Crippen LogP contribution in [-0.4, -0.2) is 29.3 Å². The zero-order chi connectivity index (χ0) is 17.8. The highest BCUT2D eigenvalue weighted by Crippen LogP contribution is 2.22. The average Bonchev–Trinajstić information content (AvgIpc) is 3.24. The molecule has 0 fully saturated rings. The fraction of sp³-hybridized carbons (Fsp3) is 0.263. The molecular weight excluding hydrogens is 318 g/mol. The fourth-order valence-electron chi connectivity index (χ4n) is 2.78. The minimum absolute atomic E-state index is 0.157. The lowest BCUT2D eigenvalue weighted by molar-refractivity contribution is 0.0954. The van der Waals surface area contributed by atoms with Crippen LogP contribution < -0.4 is 10.1 Å². The Morgan fingerprint density at radius 2 is 2.20 bits per heavy atom. The van der Waals surface area contributed by atoms with Crippen LogP contribution in [0.4, 0.5) is 0 Å². The number of nitrogens with zero attached hydrogens (tertiary/aromatic N) is 2. The van der Waals surface area contributed by atoms with Crippen LogP contribution in [0.5, 0.6) is 5.75 Å². The Balaban J connectivity index is 1.69. The van der Waals surface area contributed by atoms with Crippen LogP contribution in [0.3, 0.4) is 0 Å². The predicted octanol–water partition coefficient (Wildman–Crippen LogP) is 2.97. The molecule has 0 spiro atoms. The highest BCUT2D eigenvalue weighted by atomic mass is 16.5.